The summed E-state index contributed by atoms with van der Waals surface area (Å²) in [6, 6.07) is 0. The molecule has 8 heteroatoms. The Morgan fingerprint density at radius 1 is 0.750 bits per heavy atom. The minimum atomic E-state index is -5.12. The van der Waals surface area contributed by atoms with Crippen molar-refractivity contribution in [2.45, 2.75) is 109 Å². The van der Waals surface area contributed by atoms with Gasteiger partial charge in [0.05, 0.1) is 5.41 Å². The molecule has 0 rings (SSSR count). The van der Waals surface area contributed by atoms with Crippen LogP contribution in [-0.4, -0.2) is 37.6 Å². The van der Waals surface area contributed by atoms with Crippen LogP contribution in [0.4, 0.5) is 0 Å². The summed E-state index contributed by atoms with van der Waals surface area (Å²) in [7, 11) is -5.12. The van der Waals surface area contributed by atoms with Crippen molar-refractivity contribution in [2.24, 2.45) is 5.41 Å². The third-order valence-electron chi connectivity index (χ3n) is 5.47. The van der Waals surface area contributed by atoms with Gasteiger partial charge in [-0.15, -0.1) is 0 Å². The summed E-state index contributed by atoms with van der Waals surface area (Å²) >= 11 is 0. The molecule has 0 aliphatic rings. The van der Waals surface area contributed by atoms with E-state index >= 15 is 0 Å². The summed E-state index contributed by atoms with van der Waals surface area (Å²) in [6.45, 7) is 4.18. The molecule has 0 amide bonds. The van der Waals surface area contributed by atoms with Crippen molar-refractivity contribution in [2.75, 3.05) is 0 Å². The lowest BCUT2D eigenvalue weighted by Gasteiger charge is -2.35. The van der Waals surface area contributed by atoms with E-state index in [2.05, 4.69) is 13.8 Å². The average Bonchev–Trinajstić information content (AvgIpc) is 2.58. The number of hydrogen-bond acceptors (Lipinski definition) is 3. The minimum Gasteiger partial charge on any atom is -0.481 e. The Morgan fingerprint density at radius 2 is 1.11 bits per heavy atom. The summed E-state index contributed by atoms with van der Waals surface area (Å²) in [5.41, 5.74) is -4.14. The maximum Gasteiger partial charge on any atom is 0.340 e. The molecule has 1 atom stereocenters. The van der Waals surface area contributed by atoms with E-state index in [0.717, 1.165) is 64.2 Å². The molecular weight excluding hydrogens is 383 g/mol. The largest absolute Gasteiger partial charge is 0.481 e. The van der Waals surface area contributed by atoms with Crippen molar-refractivity contribution in [3.8, 4) is 0 Å². The van der Waals surface area contributed by atoms with E-state index in [1.54, 1.807) is 0 Å². The fourth-order valence-corrected chi connectivity index (χ4v) is 5.17. The van der Waals surface area contributed by atoms with Crippen LogP contribution in [0.2, 0.25) is 0 Å². The second-order valence-corrected chi connectivity index (χ2v) is 9.52. The van der Waals surface area contributed by atoms with Crippen LogP contribution in [0.3, 0.4) is 0 Å². The Morgan fingerprint density at radius 3 is 1.39 bits per heavy atom. The van der Waals surface area contributed by atoms with Crippen molar-refractivity contribution in [3.63, 3.8) is 0 Å². The lowest BCUT2D eigenvalue weighted by atomic mass is 9.74. The number of hydrogen-bond donors (Lipinski definition) is 4. The molecule has 0 heterocycles. The first-order chi connectivity index (χ1) is 13.1. The van der Waals surface area contributed by atoms with E-state index in [1.807, 2.05) is 0 Å². The Bertz CT molecular complexity index is 485. The zero-order chi connectivity index (χ0) is 21.6. The highest BCUT2D eigenvalue weighted by Crippen LogP contribution is 2.54. The predicted octanol–water partition coefficient (Wildman–Crippen LogP) is 5.19. The van der Waals surface area contributed by atoms with E-state index in [-0.39, 0.29) is 12.8 Å². The summed E-state index contributed by atoms with van der Waals surface area (Å²) in [5, 5.41) is 19.4. The highest BCUT2D eigenvalue weighted by atomic mass is 31.2. The van der Waals surface area contributed by atoms with Gasteiger partial charge in [-0.25, -0.2) is 0 Å². The van der Waals surface area contributed by atoms with Crippen LogP contribution in [0.1, 0.15) is 104 Å². The molecule has 0 aromatic heterocycles. The quantitative estimate of drug-likeness (QED) is 0.176. The first-order valence-electron chi connectivity index (χ1n) is 10.6. The highest BCUT2D eigenvalue weighted by Gasteiger charge is 2.56. The molecule has 0 fully saturated rings. The number of unbranched alkanes of at least 4 members (excludes halogenated alkanes) is 10. The number of carboxylic acid groups (broad SMARTS) is 2. The molecule has 166 valence electrons. The molecule has 0 aromatic rings. The molecule has 4 N–H and O–H groups in total. The lowest BCUT2D eigenvalue weighted by Crippen LogP contribution is -2.47. The maximum atomic E-state index is 12.1. The molecule has 0 aromatic carbocycles. The van der Waals surface area contributed by atoms with Gasteiger partial charge in [0.15, 0.2) is 5.66 Å². The average molecular weight is 422 g/mol. The van der Waals surface area contributed by atoms with Gasteiger partial charge in [-0.05, 0) is 12.8 Å². The summed E-state index contributed by atoms with van der Waals surface area (Å²) in [4.78, 5) is 43.1. The van der Waals surface area contributed by atoms with Gasteiger partial charge in [-0.3, -0.25) is 14.2 Å². The minimum absolute atomic E-state index is 0.0223. The highest BCUT2D eigenvalue weighted by molar-refractivity contribution is 7.53. The molecule has 0 saturated heterocycles. The predicted molar refractivity (Wildman–Crippen MR) is 110 cm³/mol. The Kier molecular flexibility index (Phi) is 13.7. The second kappa shape index (κ2) is 14.1. The third kappa shape index (κ3) is 9.53. The van der Waals surface area contributed by atoms with Gasteiger partial charge in [0.1, 0.15) is 0 Å². The normalized spacial score (nSPS) is 13.4. The van der Waals surface area contributed by atoms with Crippen molar-refractivity contribution in [1.82, 2.24) is 0 Å². The Labute approximate surface area is 169 Å². The molecule has 0 saturated carbocycles. The summed E-state index contributed by atoms with van der Waals surface area (Å²) in [5.74, 6) is -3.14. The molecule has 0 spiro atoms. The van der Waals surface area contributed by atoms with Gasteiger partial charge in [-0.2, -0.15) is 0 Å². The molecule has 1 unspecified atom stereocenters. The monoisotopic (exact) mass is 422 g/mol. The smallest absolute Gasteiger partial charge is 0.340 e. The van der Waals surface area contributed by atoms with E-state index in [4.69, 9.17) is 0 Å². The third-order valence-corrected chi connectivity index (χ3v) is 6.86. The molecular formula is C20H39O7P. The molecule has 0 radical (unpaired) electrons. The number of carbonyl (C=O) groups is 2. The zero-order valence-corrected chi connectivity index (χ0v) is 18.3. The van der Waals surface area contributed by atoms with Gasteiger partial charge >= 0.3 is 19.5 Å². The van der Waals surface area contributed by atoms with Crippen molar-refractivity contribution in [3.05, 3.63) is 0 Å². The Balaban J connectivity index is 5.28. The van der Waals surface area contributed by atoms with Gasteiger partial charge in [0.25, 0.3) is 0 Å². The van der Waals surface area contributed by atoms with Crippen LogP contribution in [-0.2, 0) is 14.2 Å². The first kappa shape index (κ1) is 27.1. The van der Waals surface area contributed by atoms with Crippen LogP contribution in [0.5, 0.6) is 0 Å². The molecule has 0 aliphatic carbocycles. The van der Waals surface area contributed by atoms with Crippen LogP contribution in [0, 0.1) is 5.41 Å². The molecule has 7 nitrogen and oxygen atoms in total. The second-order valence-electron chi connectivity index (χ2n) is 7.83. The fourth-order valence-electron chi connectivity index (χ4n) is 3.87. The van der Waals surface area contributed by atoms with Crippen molar-refractivity contribution in [1.29, 1.82) is 0 Å². The Hall–Kier alpha value is -0.910. The SMILES string of the molecule is CCCCCCCCC(CCCCCCCC)(C(=O)O)C(C(=O)O)P(=O)(O)O. The topological polar surface area (TPSA) is 132 Å². The van der Waals surface area contributed by atoms with Gasteiger partial charge < -0.3 is 20.0 Å². The lowest BCUT2D eigenvalue weighted by molar-refractivity contribution is -0.157. The standard InChI is InChI=1S/C20H39O7P/c1-3-5-7-9-11-13-15-20(19(23)24,16-14-12-10-8-6-4-2)17(18(21)22)28(25,26)27/h17H,3-16H2,1-2H3,(H,21,22)(H,23,24)(H2,25,26,27). The molecule has 0 aliphatic heterocycles. The van der Waals surface area contributed by atoms with Gasteiger partial charge in [-0.1, -0.05) is 90.9 Å². The van der Waals surface area contributed by atoms with Crippen molar-refractivity contribution >= 4 is 19.5 Å². The summed E-state index contributed by atoms with van der Waals surface area (Å²) in [6.07, 6.45) is 10.5. The van der Waals surface area contributed by atoms with Crippen LogP contribution in [0.15, 0.2) is 0 Å². The van der Waals surface area contributed by atoms with Crippen LogP contribution >= 0.6 is 7.60 Å². The van der Waals surface area contributed by atoms with Gasteiger partial charge in [0, 0.05) is 0 Å². The number of aliphatic carboxylic acids is 2. The fraction of sp³-hybridized carbons (Fsp3) is 0.900. The van der Waals surface area contributed by atoms with Crippen LogP contribution in [0.25, 0.3) is 0 Å². The van der Waals surface area contributed by atoms with E-state index < -0.39 is 30.6 Å². The van der Waals surface area contributed by atoms with Crippen LogP contribution < -0.4 is 0 Å². The van der Waals surface area contributed by atoms with Gasteiger partial charge in [0.2, 0.25) is 0 Å². The first-order valence-corrected chi connectivity index (χ1v) is 12.3. The van der Waals surface area contributed by atoms with E-state index in [9.17, 15) is 34.2 Å². The number of carboxylic acids is 2. The van der Waals surface area contributed by atoms with E-state index in [0.29, 0.717) is 12.8 Å². The number of rotatable bonds is 18. The zero-order valence-electron chi connectivity index (χ0n) is 17.4. The van der Waals surface area contributed by atoms with Crippen molar-refractivity contribution < 1.29 is 34.2 Å². The maximum absolute atomic E-state index is 12.1. The summed E-state index contributed by atoms with van der Waals surface area (Å²) < 4.78 is 11.9. The molecule has 28 heavy (non-hydrogen) atoms. The van der Waals surface area contributed by atoms with E-state index in [1.165, 1.54) is 0 Å². The molecule has 0 bridgehead atoms.